The second-order valence-electron chi connectivity index (χ2n) is 5.74. The monoisotopic (exact) mass is 336 g/mol. The van der Waals surface area contributed by atoms with Gasteiger partial charge in [-0.15, -0.1) is 10.2 Å². The number of thiophene rings is 1. The maximum atomic E-state index is 6.04. The first kappa shape index (κ1) is 15.0. The molecule has 3 aromatic heterocycles. The van der Waals surface area contributed by atoms with Gasteiger partial charge in [0, 0.05) is 16.4 Å². The summed E-state index contributed by atoms with van der Waals surface area (Å²) in [6.45, 7) is 6.12. The Labute approximate surface area is 135 Å². The van der Waals surface area contributed by atoms with Crippen molar-refractivity contribution in [1.82, 2.24) is 25.0 Å². The number of thioether (sulfide) groups is 1. The van der Waals surface area contributed by atoms with Crippen LogP contribution in [-0.2, 0) is 11.2 Å². The first-order valence-corrected chi connectivity index (χ1v) is 8.57. The van der Waals surface area contributed by atoms with Crippen molar-refractivity contribution < 1.29 is 4.52 Å². The Morgan fingerprint density at radius 1 is 1.36 bits per heavy atom. The fourth-order valence-electron chi connectivity index (χ4n) is 1.84. The van der Waals surface area contributed by atoms with Crippen molar-refractivity contribution in [2.45, 2.75) is 37.1 Å². The molecular formula is C13H16N6OS2. The predicted octanol–water partition coefficient (Wildman–Crippen LogP) is 2.69. The summed E-state index contributed by atoms with van der Waals surface area (Å²) in [5, 5.41) is 16.8. The minimum absolute atomic E-state index is 0.156. The topological polar surface area (TPSA) is 95.6 Å². The summed E-state index contributed by atoms with van der Waals surface area (Å²) in [6.07, 6.45) is 0. The Morgan fingerprint density at radius 3 is 2.82 bits per heavy atom. The zero-order chi connectivity index (χ0) is 15.7. The number of hydrogen-bond donors (Lipinski definition) is 1. The van der Waals surface area contributed by atoms with Crippen LogP contribution in [0.3, 0.4) is 0 Å². The molecule has 2 N–H and O–H groups in total. The van der Waals surface area contributed by atoms with E-state index < -0.39 is 0 Å². The minimum atomic E-state index is -0.156. The van der Waals surface area contributed by atoms with Crippen LogP contribution in [-0.4, -0.2) is 25.0 Å². The van der Waals surface area contributed by atoms with E-state index in [9.17, 15) is 0 Å². The molecule has 0 bridgehead atoms. The third kappa shape index (κ3) is 3.00. The second-order valence-corrected chi connectivity index (χ2v) is 7.46. The maximum absolute atomic E-state index is 6.04. The van der Waals surface area contributed by atoms with Crippen LogP contribution < -0.4 is 5.84 Å². The summed E-state index contributed by atoms with van der Waals surface area (Å²) < 4.78 is 6.76. The molecule has 0 unspecified atom stereocenters. The molecule has 0 aliphatic carbocycles. The lowest BCUT2D eigenvalue weighted by atomic mass is 9.96. The lowest BCUT2D eigenvalue weighted by Crippen LogP contribution is -2.24. The highest BCUT2D eigenvalue weighted by molar-refractivity contribution is 7.98. The number of hydrogen-bond acceptors (Lipinski definition) is 8. The van der Waals surface area contributed by atoms with Crippen LogP contribution >= 0.6 is 23.1 Å². The number of rotatable bonds is 4. The van der Waals surface area contributed by atoms with Gasteiger partial charge in [0.25, 0.3) is 0 Å². The van der Waals surface area contributed by atoms with E-state index in [1.54, 1.807) is 11.3 Å². The largest absolute Gasteiger partial charge is 0.338 e. The molecule has 0 aliphatic heterocycles. The van der Waals surface area contributed by atoms with E-state index in [1.165, 1.54) is 16.4 Å². The van der Waals surface area contributed by atoms with E-state index in [-0.39, 0.29) is 5.41 Å². The zero-order valence-corrected chi connectivity index (χ0v) is 14.1. The minimum Gasteiger partial charge on any atom is -0.338 e. The standard InChI is InChI=1S/C13H16N6OS2/c1-13(2,3)11-16-17-12(19(11)14)22-7-9-15-10(18-20-9)8-4-5-21-6-8/h4-6H,7,14H2,1-3H3. The van der Waals surface area contributed by atoms with Gasteiger partial charge in [-0.25, -0.2) is 4.68 Å². The lowest BCUT2D eigenvalue weighted by Gasteiger charge is -2.16. The van der Waals surface area contributed by atoms with Gasteiger partial charge in [0.2, 0.25) is 16.9 Å². The van der Waals surface area contributed by atoms with Crippen LogP contribution in [0.4, 0.5) is 0 Å². The van der Waals surface area contributed by atoms with Gasteiger partial charge in [-0.3, -0.25) is 0 Å². The number of nitrogen functional groups attached to an aromatic ring is 1. The van der Waals surface area contributed by atoms with Crippen LogP contribution in [0.25, 0.3) is 11.4 Å². The summed E-state index contributed by atoms with van der Waals surface area (Å²) in [4.78, 5) is 4.36. The molecule has 0 spiro atoms. The van der Waals surface area contributed by atoms with Crippen molar-refractivity contribution in [3.05, 3.63) is 28.5 Å². The highest BCUT2D eigenvalue weighted by atomic mass is 32.2. The molecule has 3 aromatic rings. The quantitative estimate of drug-likeness (QED) is 0.578. The second kappa shape index (κ2) is 5.73. The molecular weight excluding hydrogens is 320 g/mol. The average molecular weight is 336 g/mol. The third-order valence-electron chi connectivity index (χ3n) is 2.91. The molecule has 0 fully saturated rings. The molecule has 0 radical (unpaired) electrons. The Balaban J connectivity index is 1.70. The summed E-state index contributed by atoms with van der Waals surface area (Å²) in [7, 11) is 0. The summed E-state index contributed by atoms with van der Waals surface area (Å²) in [5.74, 6) is 8.41. The van der Waals surface area contributed by atoms with Gasteiger partial charge in [-0.05, 0) is 11.4 Å². The highest BCUT2D eigenvalue weighted by Crippen LogP contribution is 2.26. The third-order valence-corrected chi connectivity index (χ3v) is 4.52. The number of aromatic nitrogens is 5. The highest BCUT2D eigenvalue weighted by Gasteiger charge is 2.23. The van der Waals surface area contributed by atoms with Gasteiger partial charge < -0.3 is 10.4 Å². The van der Waals surface area contributed by atoms with Crippen molar-refractivity contribution in [1.29, 1.82) is 0 Å². The zero-order valence-electron chi connectivity index (χ0n) is 12.5. The molecule has 0 aliphatic rings. The van der Waals surface area contributed by atoms with Crippen LogP contribution in [0.1, 0.15) is 32.5 Å². The van der Waals surface area contributed by atoms with Crippen molar-refractivity contribution in [3.63, 3.8) is 0 Å². The van der Waals surface area contributed by atoms with E-state index in [0.717, 1.165) is 11.4 Å². The van der Waals surface area contributed by atoms with Gasteiger partial charge in [0.15, 0.2) is 5.82 Å². The molecule has 3 heterocycles. The van der Waals surface area contributed by atoms with Crippen LogP contribution in [0.5, 0.6) is 0 Å². The smallest absolute Gasteiger partial charge is 0.237 e. The molecule has 22 heavy (non-hydrogen) atoms. The molecule has 7 nitrogen and oxygen atoms in total. The van der Waals surface area contributed by atoms with Gasteiger partial charge in [0.1, 0.15) is 0 Å². The molecule has 0 aromatic carbocycles. The number of nitrogens with zero attached hydrogens (tertiary/aromatic N) is 5. The van der Waals surface area contributed by atoms with Crippen molar-refractivity contribution in [2.24, 2.45) is 0 Å². The Bertz CT molecular complexity index is 756. The van der Waals surface area contributed by atoms with Crippen LogP contribution in [0.2, 0.25) is 0 Å². The van der Waals surface area contributed by atoms with Gasteiger partial charge in [-0.1, -0.05) is 37.7 Å². The first-order chi connectivity index (χ1) is 10.4. The molecule has 3 rings (SSSR count). The van der Waals surface area contributed by atoms with E-state index >= 15 is 0 Å². The van der Waals surface area contributed by atoms with E-state index in [2.05, 4.69) is 20.3 Å². The summed E-state index contributed by atoms with van der Waals surface area (Å²) in [5.41, 5.74) is 0.805. The molecule has 0 saturated carbocycles. The molecule has 9 heteroatoms. The van der Waals surface area contributed by atoms with Gasteiger partial charge in [0.05, 0.1) is 5.75 Å². The van der Waals surface area contributed by atoms with Crippen LogP contribution in [0.15, 0.2) is 26.5 Å². The van der Waals surface area contributed by atoms with Crippen LogP contribution in [0, 0.1) is 0 Å². The van der Waals surface area contributed by atoms with Crippen molar-refractivity contribution in [3.8, 4) is 11.4 Å². The average Bonchev–Trinajstić information content (AvgIpc) is 3.16. The summed E-state index contributed by atoms with van der Waals surface area (Å²) >= 11 is 3.01. The van der Waals surface area contributed by atoms with E-state index in [4.69, 9.17) is 10.4 Å². The van der Waals surface area contributed by atoms with E-state index in [0.29, 0.717) is 22.6 Å². The fraction of sp³-hybridized carbons (Fsp3) is 0.385. The normalized spacial score (nSPS) is 12.0. The lowest BCUT2D eigenvalue weighted by molar-refractivity contribution is 0.391. The maximum Gasteiger partial charge on any atom is 0.237 e. The SMILES string of the molecule is CC(C)(C)c1nnc(SCc2nc(-c3ccsc3)no2)n1N. The first-order valence-electron chi connectivity index (χ1n) is 6.64. The van der Waals surface area contributed by atoms with Gasteiger partial charge in [-0.2, -0.15) is 16.3 Å². The Kier molecular flexibility index (Phi) is 3.92. The Hall–Kier alpha value is -1.87. The Morgan fingerprint density at radius 2 is 2.18 bits per heavy atom. The van der Waals surface area contributed by atoms with Gasteiger partial charge >= 0.3 is 0 Å². The predicted molar refractivity (Wildman–Crippen MR) is 86.0 cm³/mol. The number of nitrogens with two attached hydrogens (primary N) is 1. The summed E-state index contributed by atoms with van der Waals surface area (Å²) in [6, 6.07) is 1.96. The van der Waals surface area contributed by atoms with Crippen molar-refractivity contribution in [2.75, 3.05) is 5.84 Å². The fourth-order valence-corrected chi connectivity index (χ4v) is 3.16. The molecule has 0 atom stereocenters. The molecule has 0 saturated heterocycles. The van der Waals surface area contributed by atoms with Crippen molar-refractivity contribution >= 4 is 23.1 Å². The molecule has 116 valence electrons. The van der Waals surface area contributed by atoms with E-state index in [1.807, 2.05) is 37.6 Å². The molecule has 0 amide bonds.